The number of aryl methyl sites for hydroxylation is 3. The first-order valence-corrected chi connectivity index (χ1v) is 7.20. The lowest BCUT2D eigenvalue weighted by atomic mass is 10.2. The number of rotatable bonds is 4. The molecule has 1 aromatic carbocycles. The van der Waals surface area contributed by atoms with Gasteiger partial charge in [0.05, 0.1) is 29.3 Å². The first-order valence-electron chi connectivity index (χ1n) is 7.20. The molecule has 0 aliphatic rings. The van der Waals surface area contributed by atoms with Crippen LogP contribution in [0.4, 0.5) is 0 Å². The minimum absolute atomic E-state index is 0. The van der Waals surface area contributed by atoms with Crippen molar-refractivity contribution in [2.75, 3.05) is 0 Å². The van der Waals surface area contributed by atoms with Gasteiger partial charge in [-0.05, 0) is 32.9 Å². The van der Waals surface area contributed by atoms with Crippen LogP contribution in [0.3, 0.4) is 0 Å². The maximum absolute atomic E-state index is 11.9. The molecule has 0 saturated carbocycles. The van der Waals surface area contributed by atoms with Gasteiger partial charge in [0.1, 0.15) is 0 Å². The van der Waals surface area contributed by atoms with Crippen molar-refractivity contribution in [2.24, 2.45) is 10.8 Å². The van der Waals surface area contributed by atoms with Crippen molar-refractivity contribution in [3.05, 3.63) is 58.7 Å². The summed E-state index contributed by atoms with van der Waals surface area (Å²) in [6.45, 7) is 6.09. The Labute approximate surface area is 147 Å². The number of guanidine groups is 1. The number of nitrogens with two attached hydrogens (primary N) is 1. The van der Waals surface area contributed by atoms with E-state index in [0.717, 1.165) is 22.8 Å². The lowest BCUT2D eigenvalue weighted by molar-refractivity contribution is 0.0976. The molecule has 7 nitrogen and oxygen atoms in total. The summed E-state index contributed by atoms with van der Waals surface area (Å²) in [7, 11) is 0. The summed E-state index contributed by atoms with van der Waals surface area (Å²) in [5.74, 6) is -0.316. The smallest absolute Gasteiger partial charge is 0.257 e. The van der Waals surface area contributed by atoms with E-state index in [9.17, 15) is 4.79 Å². The van der Waals surface area contributed by atoms with Gasteiger partial charge in [-0.3, -0.25) is 20.1 Å². The molecule has 0 saturated heterocycles. The fourth-order valence-corrected chi connectivity index (χ4v) is 1.93. The van der Waals surface area contributed by atoms with Gasteiger partial charge < -0.3 is 11.2 Å². The van der Waals surface area contributed by atoms with Gasteiger partial charge in [0.25, 0.3) is 5.91 Å². The molecule has 0 aliphatic carbocycles. The largest absolute Gasteiger partial charge is 0.368 e. The highest BCUT2D eigenvalue weighted by Crippen LogP contribution is 2.06. The van der Waals surface area contributed by atoms with Crippen LogP contribution < -0.4 is 16.5 Å². The van der Waals surface area contributed by atoms with Crippen molar-refractivity contribution >= 4 is 24.3 Å². The second kappa shape index (κ2) is 8.83. The molecule has 128 valence electrons. The summed E-state index contributed by atoms with van der Waals surface area (Å²) in [6.07, 6.45) is 0. The van der Waals surface area contributed by atoms with Gasteiger partial charge in [-0.25, -0.2) is 0 Å². The van der Waals surface area contributed by atoms with E-state index in [-0.39, 0.29) is 24.3 Å². The zero-order valence-electron chi connectivity index (χ0n) is 13.8. The average Bonchev–Trinajstić information content (AvgIpc) is 2.53. The topological polar surface area (TPSA) is 105 Å². The molecule has 2 aromatic rings. The van der Waals surface area contributed by atoms with Gasteiger partial charge in [0.15, 0.2) is 0 Å². The highest BCUT2D eigenvalue weighted by molar-refractivity contribution is 6.05. The number of carbonyl (C=O) groups is 1. The molecule has 0 atom stereocenters. The van der Waals surface area contributed by atoms with E-state index in [1.54, 1.807) is 24.3 Å². The maximum atomic E-state index is 11.9. The van der Waals surface area contributed by atoms with Crippen molar-refractivity contribution in [2.45, 2.75) is 27.3 Å². The van der Waals surface area contributed by atoms with Crippen LogP contribution in [0.5, 0.6) is 0 Å². The zero-order valence-corrected chi connectivity index (χ0v) is 14.6. The van der Waals surface area contributed by atoms with Crippen molar-refractivity contribution in [3.8, 4) is 0 Å². The van der Waals surface area contributed by atoms with E-state index in [2.05, 4.69) is 25.8 Å². The van der Waals surface area contributed by atoms with Crippen LogP contribution in [0, 0.1) is 20.8 Å². The van der Waals surface area contributed by atoms with Crippen LogP contribution in [0.2, 0.25) is 0 Å². The van der Waals surface area contributed by atoms with Crippen molar-refractivity contribution in [1.82, 2.24) is 20.7 Å². The van der Waals surface area contributed by atoms with Gasteiger partial charge >= 0.3 is 0 Å². The quantitative estimate of drug-likeness (QED) is 0.442. The molecule has 0 radical (unpaired) electrons. The fourth-order valence-electron chi connectivity index (χ4n) is 1.93. The SMILES string of the molecule is Cc1nc(C)c(CNN=C(N)NC(=O)c2ccccc2)nc1C.Cl. The Bertz CT molecular complexity index is 733. The van der Waals surface area contributed by atoms with Gasteiger partial charge in [0, 0.05) is 5.56 Å². The zero-order chi connectivity index (χ0) is 16.8. The van der Waals surface area contributed by atoms with Crippen LogP contribution >= 0.6 is 12.4 Å². The molecule has 24 heavy (non-hydrogen) atoms. The van der Waals surface area contributed by atoms with Crippen molar-refractivity contribution in [3.63, 3.8) is 0 Å². The summed E-state index contributed by atoms with van der Waals surface area (Å²) in [4.78, 5) is 20.8. The van der Waals surface area contributed by atoms with Crippen LogP contribution in [0.1, 0.15) is 33.1 Å². The van der Waals surface area contributed by atoms with E-state index in [1.807, 2.05) is 26.8 Å². The Kier molecular flexibility index (Phi) is 7.13. The summed E-state index contributed by atoms with van der Waals surface area (Å²) < 4.78 is 0. The molecule has 1 heterocycles. The standard InChI is InChI=1S/C16H20N6O.ClH/c1-10-11(2)20-14(12(3)19-10)9-18-22-16(17)21-15(23)13-7-5-4-6-8-13;/h4-8,18H,9H2,1-3H3,(H3,17,21,22,23);1H. The van der Waals surface area contributed by atoms with Gasteiger partial charge in [-0.2, -0.15) is 0 Å². The maximum Gasteiger partial charge on any atom is 0.257 e. The first kappa shape index (κ1) is 19.4. The van der Waals surface area contributed by atoms with Gasteiger partial charge in [-0.15, -0.1) is 17.5 Å². The molecule has 2 rings (SSSR count). The highest BCUT2D eigenvalue weighted by atomic mass is 35.5. The second-order valence-corrected chi connectivity index (χ2v) is 5.08. The number of halogens is 1. The summed E-state index contributed by atoms with van der Waals surface area (Å²) >= 11 is 0. The van der Waals surface area contributed by atoms with Crippen LogP contribution in [-0.4, -0.2) is 21.8 Å². The number of nitrogens with one attached hydrogen (secondary N) is 2. The Morgan fingerprint density at radius 3 is 2.38 bits per heavy atom. The summed E-state index contributed by atoms with van der Waals surface area (Å²) in [5.41, 5.74) is 12.4. The van der Waals surface area contributed by atoms with E-state index in [0.29, 0.717) is 12.1 Å². The molecule has 1 aromatic heterocycles. The molecule has 0 fully saturated rings. The fraction of sp³-hybridized carbons (Fsp3) is 0.250. The van der Waals surface area contributed by atoms with Gasteiger partial charge in [0.2, 0.25) is 5.96 Å². The van der Waals surface area contributed by atoms with E-state index in [1.165, 1.54) is 0 Å². The molecule has 8 heteroatoms. The van der Waals surface area contributed by atoms with Crippen molar-refractivity contribution in [1.29, 1.82) is 0 Å². The third kappa shape index (κ3) is 5.20. The summed E-state index contributed by atoms with van der Waals surface area (Å²) in [5, 5.41) is 6.43. The van der Waals surface area contributed by atoms with E-state index < -0.39 is 0 Å². The Balaban J connectivity index is 0.00000288. The molecule has 1 amide bonds. The molecular formula is C16H21ClN6O. The Hall–Kier alpha value is -2.67. The molecule has 4 N–H and O–H groups in total. The third-order valence-electron chi connectivity index (χ3n) is 3.30. The number of hydrogen-bond donors (Lipinski definition) is 3. The lowest BCUT2D eigenvalue weighted by Crippen LogP contribution is -2.38. The Morgan fingerprint density at radius 1 is 1.08 bits per heavy atom. The van der Waals surface area contributed by atoms with Crippen LogP contribution in [0.25, 0.3) is 0 Å². The molecule has 0 aliphatic heterocycles. The first-order chi connectivity index (χ1) is 11.0. The molecule has 0 spiro atoms. The van der Waals surface area contributed by atoms with Crippen LogP contribution in [0.15, 0.2) is 35.4 Å². The summed E-state index contributed by atoms with van der Waals surface area (Å²) in [6, 6.07) is 8.79. The lowest BCUT2D eigenvalue weighted by Gasteiger charge is -2.08. The van der Waals surface area contributed by atoms with Crippen molar-refractivity contribution < 1.29 is 4.79 Å². The highest BCUT2D eigenvalue weighted by Gasteiger charge is 2.07. The third-order valence-corrected chi connectivity index (χ3v) is 3.30. The Morgan fingerprint density at radius 2 is 1.71 bits per heavy atom. The average molecular weight is 349 g/mol. The normalized spacial score (nSPS) is 10.7. The minimum Gasteiger partial charge on any atom is -0.368 e. The molecule has 0 unspecified atom stereocenters. The number of benzene rings is 1. The van der Waals surface area contributed by atoms with Gasteiger partial charge in [-0.1, -0.05) is 18.2 Å². The van der Waals surface area contributed by atoms with E-state index >= 15 is 0 Å². The van der Waals surface area contributed by atoms with E-state index in [4.69, 9.17) is 5.73 Å². The number of aromatic nitrogens is 2. The number of nitrogens with zero attached hydrogens (tertiary/aromatic N) is 3. The molecular weight excluding hydrogens is 328 g/mol. The second-order valence-electron chi connectivity index (χ2n) is 5.08. The minimum atomic E-state index is -0.309. The predicted octanol–water partition coefficient (Wildman–Crippen LogP) is 1.57. The predicted molar refractivity (Wildman–Crippen MR) is 95.9 cm³/mol. The molecule has 0 bridgehead atoms. The monoisotopic (exact) mass is 348 g/mol. The number of hydrazone groups is 1. The number of amides is 1. The number of carbonyl (C=O) groups excluding carboxylic acids is 1. The number of hydrogen-bond acceptors (Lipinski definition) is 5. The van der Waals surface area contributed by atoms with Crippen LogP contribution in [-0.2, 0) is 6.54 Å².